The Morgan fingerprint density at radius 2 is 2.06 bits per heavy atom. The fourth-order valence-electron chi connectivity index (χ4n) is 1.71. The number of rotatable bonds is 4. The molecule has 0 aliphatic heterocycles. The van der Waals surface area contributed by atoms with E-state index in [1.165, 1.54) is 0 Å². The second kappa shape index (κ2) is 4.46. The maximum Gasteiger partial charge on any atom is 0.223 e. The second-order valence-corrected chi connectivity index (χ2v) is 4.86. The molecule has 0 heterocycles. The van der Waals surface area contributed by atoms with Crippen LogP contribution in [0, 0.1) is 5.92 Å². The van der Waals surface area contributed by atoms with Gasteiger partial charge in [-0.05, 0) is 25.3 Å². The SMILES string of the molecule is CC(CCl)(NC(=O)C1CC1)c1ccccc1. The van der Waals surface area contributed by atoms with Gasteiger partial charge in [-0.15, -0.1) is 11.6 Å². The van der Waals surface area contributed by atoms with Crippen molar-refractivity contribution in [1.29, 1.82) is 0 Å². The molecule has 86 valence electrons. The number of halogens is 1. The summed E-state index contributed by atoms with van der Waals surface area (Å²) in [5.74, 6) is 0.730. The Balaban J connectivity index is 2.15. The van der Waals surface area contributed by atoms with Crippen molar-refractivity contribution >= 4 is 17.5 Å². The van der Waals surface area contributed by atoms with Crippen molar-refractivity contribution in [2.45, 2.75) is 25.3 Å². The Labute approximate surface area is 101 Å². The van der Waals surface area contributed by atoms with Crippen LogP contribution in [0.3, 0.4) is 0 Å². The Kier molecular flexibility index (Phi) is 3.20. The highest BCUT2D eigenvalue weighted by atomic mass is 35.5. The Hall–Kier alpha value is -1.02. The lowest BCUT2D eigenvalue weighted by Gasteiger charge is -2.29. The number of nitrogens with one attached hydrogen (secondary N) is 1. The van der Waals surface area contributed by atoms with Crippen LogP contribution in [-0.4, -0.2) is 11.8 Å². The molecule has 1 fully saturated rings. The molecule has 1 atom stereocenters. The molecule has 0 spiro atoms. The van der Waals surface area contributed by atoms with Crippen LogP contribution >= 0.6 is 11.6 Å². The molecule has 0 radical (unpaired) electrons. The highest BCUT2D eigenvalue weighted by Gasteiger charge is 2.35. The summed E-state index contributed by atoms with van der Waals surface area (Å²) < 4.78 is 0. The number of benzene rings is 1. The van der Waals surface area contributed by atoms with E-state index in [2.05, 4.69) is 5.32 Å². The first kappa shape index (κ1) is 11.5. The van der Waals surface area contributed by atoms with Crippen LogP contribution < -0.4 is 5.32 Å². The molecule has 1 unspecified atom stereocenters. The summed E-state index contributed by atoms with van der Waals surface area (Å²) in [6.07, 6.45) is 2.03. The van der Waals surface area contributed by atoms with E-state index in [0.717, 1.165) is 18.4 Å². The second-order valence-electron chi connectivity index (χ2n) is 4.60. The lowest BCUT2D eigenvalue weighted by molar-refractivity contribution is -0.123. The van der Waals surface area contributed by atoms with E-state index in [0.29, 0.717) is 5.88 Å². The predicted octanol–water partition coefficient (Wildman–Crippen LogP) is 2.67. The fourth-order valence-corrected chi connectivity index (χ4v) is 1.93. The lowest BCUT2D eigenvalue weighted by atomic mass is 9.94. The van der Waals surface area contributed by atoms with Crippen molar-refractivity contribution in [3.8, 4) is 0 Å². The third-order valence-electron chi connectivity index (χ3n) is 3.03. The lowest BCUT2D eigenvalue weighted by Crippen LogP contribution is -2.45. The van der Waals surface area contributed by atoms with Gasteiger partial charge in [-0.1, -0.05) is 30.3 Å². The summed E-state index contributed by atoms with van der Waals surface area (Å²) in [5.41, 5.74) is 0.599. The Morgan fingerprint density at radius 3 is 2.56 bits per heavy atom. The predicted molar refractivity (Wildman–Crippen MR) is 65.4 cm³/mol. The number of hydrogen-bond acceptors (Lipinski definition) is 1. The van der Waals surface area contributed by atoms with E-state index < -0.39 is 5.54 Å². The van der Waals surface area contributed by atoms with Gasteiger partial charge in [0.25, 0.3) is 0 Å². The first-order chi connectivity index (χ1) is 7.65. The molecule has 2 nitrogen and oxygen atoms in total. The molecule has 3 heteroatoms. The van der Waals surface area contributed by atoms with Gasteiger partial charge >= 0.3 is 0 Å². The minimum absolute atomic E-state index is 0.131. The molecule has 1 N–H and O–H groups in total. The molecule has 1 aliphatic rings. The van der Waals surface area contributed by atoms with Crippen LogP contribution in [0.4, 0.5) is 0 Å². The van der Waals surface area contributed by atoms with Gasteiger partial charge in [0.2, 0.25) is 5.91 Å². The average Bonchev–Trinajstić information content (AvgIpc) is 3.14. The van der Waals surface area contributed by atoms with E-state index >= 15 is 0 Å². The van der Waals surface area contributed by atoms with Crippen LogP contribution in [0.2, 0.25) is 0 Å². The highest BCUT2D eigenvalue weighted by Crippen LogP contribution is 2.31. The number of hydrogen-bond donors (Lipinski definition) is 1. The molecule has 1 saturated carbocycles. The summed E-state index contributed by atoms with van der Waals surface area (Å²) in [6.45, 7) is 1.97. The van der Waals surface area contributed by atoms with Gasteiger partial charge in [-0.25, -0.2) is 0 Å². The van der Waals surface area contributed by atoms with E-state index in [1.54, 1.807) is 0 Å². The van der Waals surface area contributed by atoms with Crippen LogP contribution in [0.1, 0.15) is 25.3 Å². The van der Waals surface area contributed by atoms with Crippen LogP contribution in [-0.2, 0) is 10.3 Å². The van der Waals surface area contributed by atoms with E-state index in [4.69, 9.17) is 11.6 Å². The molecule has 1 aromatic carbocycles. The smallest absolute Gasteiger partial charge is 0.223 e. The van der Waals surface area contributed by atoms with Gasteiger partial charge in [-0.3, -0.25) is 4.79 Å². The number of carbonyl (C=O) groups is 1. The molecule has 2 rings (SSSR count). The minimum Gasteiger partial charge on any atom is -0.345 e. The third-order valence-corrected chi connectivity index (χ3v) is 3.56. The topological polar surface area (TPSA) is 29.1 Å². The maximum absolute atomic E-state index is 11.8. The van der Waals surface area contributed by atoms with Crippen molar-refractivity contribution in [3.05, 3.63) is 35.9 Å². The normalized spacial score (nSPS) is 18.9. The first-order valence-electron chi connectivity index (χ1n) is 5.59. The summed E-state index contributed by atoms with van der Waals surface area (Å²) >= 11 is 6.00. The van der Waals surface area contributed by atoms with E-state index in [9.17, 15) is 4.79 Å². The van der Waals surface area contributed by atoms with Crippen molar-refractivity contribution in [2.24, 2.45) is 5.92 Å². The number of alkyl halides is 1. The summed E-state index contributed by atoms with van der Waals surface area (Å²) in [7, 11) is 0. The molecular weight excluding hydrogens is 222 g/mol. The maximum atomic E-state index is 11.8. The quantitative estimate of drug-likeness (QED) is 0.802. The molecule has 0 bridgehead atoms. The van der Waals surface area contributed by atoms with E-state index in [-0.39, 0.29) is 11.8 Å². The molecule has 0 aromatic heterocycles. The molecule has 1 aliphatic carbocycles. The van der Waals surface area contributed by atoms with E-state index in [1.807, 2.05) is 37.3 Å². The molecular formula is C13H16ClNO. The monoisotopic (exact) mass is 237 g/mol. The van der Waals surface area contributed by atoms with Crippen LogP contribution in [0.5, 0.6) is 0 Å². The Morgan fingerprint density at radius 1 is 1.44 bits per heavy atom. The first-order valence-corrected chi connectivity index (χ1v) is 6.13. The van der Waals surface area contributed by atoms with Gasteiger partial charge in [0, 0.05) is 11.8 Å². The molecule has 16 heavy (non-hydrogen) atoms. The zero-order valence-corrected chi connectivity index (χ0v) is 10.1. The molecule has 0 saturated heterocycles. The van der Waals surface area contributed by atoms with Crippen molar-refractivity contribution < 1.29 is 4.79 Å². The fraction of sp³-hybridized carbons (Fsp3) is 0.462. The standard InChI is InChI=1S/C13H16ClNO/c1-13(9-14,11-5-3-2-4-6-11)15-12(16)10-7-8-10/h2-6,10H,7-9H2,1H3,(H,15,16). The Bertz CT molecular complexity index is 375. The molecule has 1 amide bonds. The largest absolute Gasteiger partial charge is 0.345 e. The summed E-state index contributed by atoms with van der Waals surface area (Å²) in [6, 6.07) is 9.87. The zero-order chi connectivity index (χ0) is 11.6. The van der Waals surface area contributed by atoms with Crippen LogP contribution in [0.15, 0.2) is 30.3 Å². The zero-order valence-electron chi connectivity index (χ0n) is 9.37. The third kappa shape index (κ3) is 2.38. The average molecular weight is 238 g/mol. The van der Waals surface area contributed by atoms with Crippen molar-refractivity contribution in [3.63, 3.8) is 0 Å². The highest BCUT2D eigenvalue weighted by molar-refractivity contribution is 6.18. The van der Waals surface area contributed by atoms with Gasteiger partial charge < -0.3 is 5.32 Å². The van der Waals surface area contributed by atoms with Crippen LogP contribution in [0.25, 0.3) is 0 Å². The minimum atomic E-state index is -0.456. The van der Waals surface area contributed by atoms with Crippen molar-refractivity contribution in [2.75, 3.05) is 5.88 Å². The summed E-state index contributed by atoms with van der Waals surface area (Å²) in [4.78, 5) is 11.8. The van der Waals surface area contributed by atoms with Gasteiger partial charge in [0.1, 0.15) is 0 Å². The van der Waals surface area contributed by atoms with Gasteiger partial charge in [-0.2, -0.15) is 0 Å². The van der Waals surface area contributed by atoms with Gasteiger partial charge in [0.15, 0.2) is 0 Å². The van der Waals surface area contributed by atoms with Crippen molar-refractivity contribution in [1.82, 2.24) is 5.32 Å². The molecule has 1 aromatic rings. The number of amides is 1. The summed E-state index contributed by atoms with van der Waals surface area (Å²) in [5, 5.41) is 3.05. The number of carbonyl (C=O) groups excluding carboxylic acids is 1. The van der Waals surface area contributed by atoms with Gasteiger partial charge in [0.05, 0.1) is 5.54 Å².